The van der Waals surface area contributed by atoms with Gasteiger partial charge in [-0.25, -0.2) is 0 Å². The Bertz CT molecular complexity index is 213. The molecule has 1 atom stereocenters. The van der Waals surface area contributed by atoms with Crippen molar-refractivity contribution in [1.29, 1.82) is 0 Å². The summed E-state index contributed by atoms with van der Waals surface area (Å²) in [7, 11) is 5.91. The third-order valence-electron chi connectivity index (χ3n) is 1.58. The maximum Gasteiger partial charge on any atom is 0.309 e. The molecule has 0 aliphatic carbocycles. The Kier molecular flexibility index (Phi) is 4.74. The van der Waals surface area contributed by atoms with Gasteiger partial charge in [0.15, 0.2) is 0 Å². The Balaban J connectivity index is 3.98. The highest BCUT2D eigenvalue weighted by Crippen LogP contribution is 2.10. The summed E-state index contributed by atoms with van der Waals surface area (Å²) in [5.74, 6) is -0.344. The van der Waals surface area contributed by atoms with Gasteiger partial charge in [-0.2, -0.15) is 0 Å². The first kappa shape index (κ1) is 14.4. The van der Waals surface area contributed by atoms with Crippen LogP contribution >= 0.6 is 0 Å². The van der Waals surface area contributed by atoms with Gasteiger partial charge < -0.3 is 14.3 Å². The van der Waals surface area contributed by atoms with Crippen LogP contribution in [0.1, 0.15) is 27.2 Å². The first-order valence-corrected chi connectivity index (χ1v) is 5.20. The van der Waals surface area contributed by atoms with Gasteiger partial charge in [-0.05, 0) is 20.8 Å². The van der Waals surface area contributed by atoms with Crippen LogP contribution in [0.3, 0.4) is 0 Å². The van der Waals surface area contributed by atoms with Gasteiger partial charge in [0.2, 0.25) is 0 Å². The largest absolute Gasteiger partial charge is 0.460 e. The van der Waals surface area contributed by atoms with Gasteiger partial charge in [0.25, 0.3) is 0 Å². The molecule has 0 aliphatic heterocycles. The predicted molar refractivity (Wildman–Crippen MR) is 59.4 cm³/mol. The molecule has 0 aromatic carbocycles. The van der Waals surface area contributed by atoms with Gasteiger partial charge in [0, 0.05) is 0 Å². The molecule has 0 saturated heterocycles. The summed E-state index contributed by atoms with van der Waals surface area (Å²) in [6, 6.07) is 0. The van der Waals surface area contributed by atoms with Crippen molar-refractivity contribution in [2.45, 2.75) is 38.9 Å². The Labute approximate surface area is 92.4 Å². The standard InChI is InChI=1S/C11H24NO3/c1-11(2,3)15-10(14)7-9(13)8-12(4,5)6/h9,13H,7-8H2,1-6H3/q+1. The van der Waals surface area contributed by atoms with Crippen molar-refractivity contribution in [3.05, 3.63) is 0 Å². The monoisotopic (exact) mass is 218 g/mol. The van der Waals surface area contributed by atoms with E-state index in [1.807, 2.05) is 41.9 Å². The number of rotatable bonds is 4. The van der Waals surface area contributed by atoms with E-state index in [0.29, 0.717) is 11.0 Å². The fraction of sp³-hybridized carbons (Fsp3) is 0.909. The average Bonchev–Trinajstić information content (AvgIpc) is 1.73. The zero-order valence-electron chi connectivity index (χ0n) is 10.7. The average molecular weight is 218 g/mol. The first-order valence-electron chi connectivity index (χ1n) is 5.20. The van der Waals surface area contributed by atoms with E-state index >= 15 is 0 Å². The molecule has 1 N–H and O–H groups in total. The molecule has 4 heteroatoms. The lowest BCUT2D eigenvalue weighted by atomic mass is 10.2. The highest BCUT2D eigenvalue weighted by Gasteiger charge is 2.22. The van der Waals surface area contributed by atoms with Gasteiger partial charge in [0.1, 0.15) is 18.2 Å². The Morgan fingerprint density at radius 3 is 2.13 bits per heavy atom. The van der Waals surface area contributed by atoms with Gasteiger partial charge in [-0.15, -0.1) is 0 Å². The molecule has 0 fully saturated rings. The summed E-state index contributed by atoms with van der Waals surface area (Å²) in [4.78, 5) is 11.4. The number of quaternary nitrogens is 1. The van der Waals surface area contributed by atoms with E-state index in [1.54, 1.807) is 0 Å². The van der Waals surface area contributed by atoms with Crippen LogP contribution in [0.25, 0.3) is 0 Å². The van der Waals surface area contributed by atoms with Crippen molar-refractivity contribution in [2.24, 2.45) is 0 Å². The van der Waals surface area contributed by atoms with E-state index in [2.05, 4.69) is 0 Å². The van der Waals surface area contributed by atoms with Crippen LogP contribution < -0.4 is 0 Å². The van der Waals surface area contributed by atoms with Crippen LogP contribution in [0.5, 0.6) is 0 Å². The molecule has 0 heterocycles. The molecule has 0 saturated carbocycles. The Hall–Kier alpha value is -0.610. The second kappa shape index (κ2) is 4.94. The van der Waals surface area contributed by atoms with Crippen LogP contribution in [0, 0.1) is 0 Å². The zero-order chi connectivity index (χ0) is 12.3. The summed E-state index contributed by atoms with van der Waals surface area (Å²) in [6.45, 7) is 5.99. The lowest BCUT2D eigenvalue weighted by Crippen LogP contribution is -2.42. The SMILES string of the molecule is CC(C)(C)OC(=O)CC(O)C[N+](C)(C)C. The normalized spacial score (nSPS) is 14.9. The number of hydrogen-bond acceptors (Lipinski definition) is 3. The van der Waals surface area contributed by atoms with Crippen molar-refractivity contribution >= 4 is 5.97 Å². The molecule has 0 radical (unpaired) electrons. The van der Waals surface area contributed by atoms with Crippen molar-refractivity contribution in [2.75, 3.05) is 27.7 Å². The molecular formula is C11H24NO3+. The number of esters is 1. The van der Waals surface area contributed by atoms with Crippen molar-refractivity contribution in [3.63, 3.8) is 0 Å². The molecule has 15 heavy (non-hydrogen) atoms. The molecular weight excluding hydrogens is 194 g/mol. The Morgan fingerprint density at radius 2 is 1.80 bits per heavy atom. The smallest absolute Gasteiger partial charge is 0.309 e. The maximum absolute atomic E-state index is 11.4. The minimum atomic E-state index is -0.639. The highest BCUT2D eigenvalue weighted by molar-refractivity contribution is 5.70. The van der Waals surface area contributed by atoms with Gasteiger partial charge in [-0.3, -0.25) is 4.79 Å². The van der Waals surface area contributed by atoms with E-state index in [9.17, 15) is 9.90 Å². The number of carbonyl (C=O) groups excluding carboxylic acids is 1. The third-order valence-corrected chi connectivity index (χ3v) is 1.58. The van der Waals surface area contributed by atoms with Crippen LogP contribution in [0.2, 0.25) is 0 Å². The quantitative estimate of drug-likeness (QED) is 0.560. The summed E-state index contributed by atoms with van der Waals surface area (Å²) in [5, 5.41) is 9.64. The van der Waals surface area contributed by atoms with Crippen LogP contribution in [-0.2, 0) is 9.53 Å². The van der Waals surface area contributed by atoms with E-state index < -0.39 is 11.7 Å². The van der Waals surface area contributed by atoms with Gasteiger partial charge in [0.05, 0.1) is 27.6 Å². The second-order valence-electron chi connectivity index (χ2n) is 5.92. The number of aliphatic hydroxyl groups is 1. The summed E-state index contributed by atoms with van der Waals surface area (Å²) >= 11 is 0. The number of aliphatic hydroxyl groups excluding tert-OH is 1. The van der Waals surface area contributed by atoms with Crippen molar-refractivity contribution < 1.29 is 19.1 Å². The van der Waals surface area contributed by atoms with E-state index in [1.165, 1.54) is 0 Å². The summed E-state index contributed by atoms with van der Waals surface area (Å²) in [6.07, 6.45) is -0.577. The minimum absolute atomic E-state index is 0.0623. The molecule has 0 rings (SSSR count). The molecule has 0 bridgehead atoms. The molecule has 0 aliphatic rings. The number of hydrogen-bond donors (Lipinski definition) is 1. The molecule has 0 spiro atoms. The van der Waals surface area contributed by atoms with E-state index in [0.717, 1.165) is 0 Å². The molecule has 4 nitrogen and oxygen atoms in total. The number of likely N-dealkylation sites (N-methyl/N-ethyl adjacent to an activating group) is 1. The minimum Gasteiger partial charge on any atom is -0.460 e. The summed E-state index contributed by atoms with van der Waals surface area (Å²) < 4.78 is 5.75. The number of ether oxygens (including phenoxy) is 1. The topological polar surface area (TPSA) is 46.5 Å². The van der Waals surface area contributed by atoms with Crippen molar-refractivity contribution in [1.82, 2.24) is 0 Å². The molecule has 90 valence electrons. The Morgan fingerprint density at radius 1 is 1.33 bits per heavy atom. The lowest BCUT2D eigenvalue weighted by Gasteiger charge is -2.27. The fourth-order valence-electron chi connectivity index (χ4n) is 1.27. The van der Waals surface area contributed by atoms with Crippen LogP contribution in [-0.4, -0.2) is 55.0 Å². The van der Waals surface area contributed by atoms with Gasteiger partial charge in [-0.1, -0.05) is 0 Å². The molecule has 0 amide bonds. The van der Waals surface area contributed by atoms with Gasteiger partial charge >= 0.3 is 5.97 Å². The van der Waals surface area contributed by atoms with Crippen molar-refractivity contribution in [3.8, 4) is 0 Å². The second-order valence-corrected chi connectivity index (χ2v) is 5.92. The molecule has 0 aromatic rings. The molecule has 1 unspecified atom stereocenters. The zero-order valence-corrected chi connectivity index (χ0v) is 10.7. The fourth-order valence-corrected chi connectivity index (χ4v) is 1.27. The molecule has 0 aromatic heterocycles. The number of nitrogens with zero attached hydrogens (tertiary/aromatic N) is 1. The predicted octanol–water partition coefficient (Wildman–Crippen LogP) is 0.785. The van der Waals surface area contributed by atoms with Crippen LogP contribution in [0.4, 0.5) is 0 Å². The van der Waals surface area contributed by atoms with E-state index in [-0.39, 0.29) is 12.4 Å². The number of carbonyl (C=O) groups is 1. The summed E-state index contributed by atoms with van der Waals surface area (Å²) in [5.41, 5.74) is -0.479. The van der Waals surface area contributed by atoms with E-state index in [4.69, 9.17) is 4.74 Å². The lowest BCUT2D eigenvalue weighted by molar-refractivity contribution is -0.873. The maximum atomic E-state index is 11.4. The third kappa shape index (κ3) is 9.69. The van der Waals surface area contributed by atoms with Crippen LogP contribution in [0.15, 0.2) is 0 Å². The highest BCUT2D eigenvalue weighted by atomic mass is 16.6. The first-order chi connectivity index (χ1) is 6.49.